The Kier molecular flexibility index (Phi) is 3.13. The Bertz CT molecular complexity index is 598. The van der Waals surface area contributed by atoms with Crippen molar-refractivity contribution in [3.63, 3.8) is 0 Å². The van der Waals surface area contributed by atoms with Crippen molar-refractivity contribution in [2.45, 2.75) is 32.9 Å². The molecule has 4 nitrogen and oxygen atoms in total. The smallest absolute Gasteiger partial charge is 0.337 e. The van der Waals surface area contributed by atoms with Gasteiger partial charge in [-0.05, 0) is 26.3 Å². The van der Waals surface area contributed by atoms with E-state index in [4.69, 9.17) is 5.11 Å². The number of hydrogen-bond donors (Lipinski definition) is 2. The van der Waals surface area contributed by atoms with Gasteiger partial charge in [0.25, 0.3) is 0 Å². The van der Waals surface area contributed by atoms with Crippen molar-refractivity contribution in [3.8, 4) is 0 Å². The number of fused-ring (bicyclic) bond motifs is 1. The lowest BCUT2D eigenvalue weighted by atomic mass is 10.1. The minimum Gasteiger partial charge on any atom is -0.479 e. The Labute approximate surface area is 105 Å². The van der Waals surface area contributed by atoms with Gasteiger partial charge in [0, 0.05) is 23.2 Å². The van der Waals surface area contributed by atoms with E-state index in [0.29, 0.717) is 5.56 Å². The number of hydrogen-bond acceptors (Lipinski definition) is 2. The van der Waals surface area contributed by atoms with Gasteiger partial charge in [0.1, 0.15) is 0 Å². The van der Waals surface area contributed by atoms with Crippen molar-refractivity contribution in [3.05, 3.63) is 35.5 Å². The highest BCUT2D eigenvalue weighted by atomic mass is 16.4. The van der Waals surface area contributed by atoms with Gasteiger partial charge >= 0.3 is 5.97 Å². The molecule has 1 aromatic carbocycles. The summed E-state index contributed by atoms with van der Waals surface area (Å²) in [7, 11) is 0. The second kappa shape index (κ2) is 4.46. The zero-order valence-corrected chi connectivity index (χ0v) is 10.7. The molecular weight excluding hydrogens is 230 g/mol. The van der Waals surface area contributed by atoms with Crippen molar-refractivity contribution in [1.29, 1.82) is 0 Å². The second-order valence-electron chi connectivity index (χ2n) is 4.80. The average Bonchev–Trinajstić information content (AvgIpc) is 2.69. The van der Waals surface area contributed by atoms with E-state index in [2.05, 4.69) is 0 Å². The number of aliphatic carboxylic acids is 1. The molecule has 1 aromatic heterocycles. The SMILES string of the molecule is Cc1cccc2c(C(O)C(=O)O)cn(C(C)C)c12. The quantitative estimate of drug-likeness (QED) is 0.876. The molecule has 2 rings (SSSR count). The van der Waals surface area contributed by atoms with Crippen molar-refractivity contribution < 1.29 is 15.0 Å². The number of carboxylic acid groups (broad SMARTS) is 1. The molecule has 2 N–H and O–H groups in total. The standard InChI is InChI=1S/C14H17NO3/c1-8(2)15-7-11(13(16)14(17)18)10-6-4-5-9(3)12(10)15/h4-8,13,16H,1-3H3,(H,17,18). The van der Waals surface area contributed by atoms with E-state index >= 15 is 0 Å². The molecule has 0 spiro atoms. The summed E-state index contributed by atoms with van der Waals surface area (Å²) in [4.78, 5) is 10.9. The van der Waals surface area contributed by atoms with Crippen molar-refractivity contribution in [1.82, 2.24) is 4.57 Å². The van der Waals surface area contributed by atoms with Crippen molar-refractivity contribution in [2.75, 3.05) is 0 Å². The van der Waals surface area contributed by atoms with E-state index in [-0.39, 0.29) is 6.04 Å². The minimum absolute atomic E-state index is 0.211. The molecule has 1 atom stereocenters. The van der Waals surface area contributed by atoms with Crippen LogP contribution in [0.25, 0.3) is 10.9 Å². The summed E-state index contributed by atoms with van der Waals surface area (Å²) in [5.74, 6) is -1.22. The number of benzene rings is 1. The Morgan fingerprint density at radius 1 is 1.33 bits per heavy atom. The van der Waals surface area contributed by atoms with Gasteiger partial charge in [-0.2, -0.15) is 0 Å². The molecule has 1 heterocycles. The molecule has 0 aliphatic carbocycles. The number of aliphatic hydroxyl groups excluding tert-OH is 1. The number of para-hydroxylation sites is 1. The molecule has 0 saturated carbocycles. The molecule has 0 aliphatic heterocycles. The largest absolute Gasteiger partial charge is 0.479 e. The number of aromatic nitrogens is 1. The predicted molar refractivity (Wildman–Crippen MR) is 69.7 cm³/mol. The first-order valence-electron chi connectivity index (χ1n) is 5.94. The highest BCUT2D eigenvalue weighted by Gasteiger charge is 2.22. The molecular formula is C14H17NO3. The number of aliphatic hydroxyl groups is 1. The van der Waals surface area contributed by atoms with Gasteiger partial charge in [0.2, 0.25) is 0 Å². The Morgan fingerprint density at radius 3 is 2.56 bits per heavy atom. The molecule has 4 heteroatoms. The van der Waals surface area contributed by atoms with Crippen LogP contribution in [-0.4, -0.2) is 20.7 Å². The lowest BCUT2D eigenvalue weighted by molar-refractivity contribution is -0.146. The first-order valence-corrected chi connectivity index (χ1v) is 5.94. The second-order valence-corrected chi connectivity index (χ2v) is 4.80. The van der Waals surface area contributed by atoms with Gasteiger partial charge in [-0.3, -0.25) is 0 Å². The fraction of sp³-hybridized carbons (Fsp3) is 0.357. The summed E-state index contributed by atoms with van der Waals surface area (Å²) < 4.78 is 2.01. The Morgan fingerprint density at radius 2 is 2.00 bits per heavy atom. The van der Waals surface area contributed by atoms with Crippen LogP contribution in [0.15, 0.2) is 24.4 Å². The van der Waals surface area contributed by atoms with Gasteiger partial charge in [-0.25, -0.2) is 4.79 Å². The van der Waals surface area contributed by atoms with Gasteiger partial charge < -0.3 is 14.8 Å². The van der Waals surface area contributed by atoms with Crippen LogP contribution < -0.4 is 0 Å². The Hall–Kier alpha value is -1.81. The number of carbonyl (C=O) groups is 1. The topological polar surface area (TPSA) is 62.5 Å². The van der Waals surface area contributed by atoms with Gasteiger partial charge in [0.05, 0.1) is 5.52 Å². The summed E-state index contributed by atoms with van der Waals surface area (Å²) in [6.45, 7) is 6.05. The average molecular weight is 247 g/mol. The predicted octanol–water partition coefficient (Wildman–Crippen LogP) is 2.65. The maximum absolute atomic E-state index is 10.9. The van der Waals surface area contributed by atoms with E-state index in [9.17, 15) is 9.90 Å². The fourth-order valence-electron chi connectivity index (χ4n) is 2.28. The number of carboxylic acids is 1. The Balaban J connectivity index is 2.77. The van der Waals surface area contributed by atoms with Crippen molar-refractivity contribution in [2.24, 2.45) is 0 Å². The van der Waals surface area contributed by atoms with E-state index in [0.717, 1.165) is 16.5 Å². The first-order chi connectivity index (χ1) is 8.43. The van der Waals surface area contributed by atoms with Gasteiger partial charge in [-0.15, -0.1) is 0 Å². The normalized spacial score (nSPS) is 13.2. The van der Waals surface area contributed by atoms with Crippen molar-refractivity contribution >= 4 is 16.9 Å². The maximum Gasteiger partial charge on any atom is 0.337 e. The van der Waals surface area contributed by atoms with Crippen LogP contribution in [0.2, 0.25) is 0 Å². The third-order valence-corrected chi connectivity index (χ3v) is 3.17. The van der Waals surface area contributed by atoms with E-state index < -0.39 is 12.1 Å². The summed E-state index contributed by atoms with van der Waals surface area (Å²) in [6.07, 6.45) is 0.260. The summed E-state index contributed by atoms with van der Waals surface area (Å²) >= 11 is 0. The van der Waals surface area contributed by atoms with Crippen LogP contribution in [0.3, 0.4) is 0 Å². The lowest BCUT2D eigenvalue weighted by Crippen LogP contribution is -2.10. The molecule has 0 radical (unpaired) electrons. The van der Waals surface area contributed by atoms with E-state index in [1.165, 1.54) is 0 Å². The number of rotatable bonds is 3. The minimum atomic E-state index is -1.48. The zero-order valence-electron chi connectivity index (χ0n) is 10.7. The molecule has 0 fully saturated rings. The van der Waals surface area contributed by atoms with Crippen LogP contribution in [0.1, 0.15) is 37.1 Å². The molecule has 1 unspecified atom stereocenters. The molecule has 18 heavy (non-hydrogen) atoms. The van der Waals surface area contributed by atoms with Crippen LogP contribution in [0, 0.1) is 6.92 Å². The van der Waals surface area contributed by atoms with Gasteiger partial charge in [0.15, 0.2) is 6.10 Å². The molecule has 0 amide bonds. The van der Waals surface area contributed by atoms with E-state index in [1.54, 1.807) is 6.20 Å². The number of aryl methyl sites for hydroxylation is 1. The van der Waals surface area contributed by atoms with Crippen LogP contribution in [0.4, 0.5) is 0 Å². The maximum atomic E-state index is 10.9. The summed E-state index contributed by atoms with van der Waals surface area (Å²) in [5.41, 5.74) is 2.52. The summed E-state index contributed by atoms with van der Waals surface area (Å²) in [5, 5.41) is 19.5. The fourth-order valence-corrected chi connectivity index (χ4v) is 2.28. The molecule has 0 aliphatic rings. The summed E-state index contributed by atoms with van der Waals surface area (Å²) in [6, 6.07) is 5.92. The third-order valence-electron chi connectivity index (χ3n) is 3.17. The number of nitrogens with zero attached hydrogens (tertiary/aromatic N) is 1. The van der Waals surface area contributed by atoms with Gasteiger partial charge in [-0.1, -0.05) is 18.2 Å². The van der Waals surface area contributed by atoms with Crippen LogP contribution in [-0.2, 0) is 4.79 Å². The third kappa shape index (κ3) is 1.88. The molecule has 0 bridgehead atoms. The van der Waals surface area contributed by atoms with Crippen LogP contribution >= 0.6 is 0 Å². The molecule has 0 saturated heterocycles. The molecule has 96 valence electrons. The monoisotopic (exact) mass is 247 g/mol. The highest BCUT2D eigenvalue weighted by Crippen LogP contribution is 2.31. The molecule has 2 aromatic rings. The van der Waals surface area contributed by atoms with E-state index in [1.807, 2.05) is 43.5 Å². The van der Waals surface area contributed by atoms with Crippen LogP contribution in [0.5, 0.6) is 0 Å². The highest BCUT2D eigenvalue weighted by molar-refractivity contribution is 5.91. The zero-order chi connectivity index (χ0) is 13.4. The first kappa shape index (κ1) is 12.6. The lowest BCUT2D eigenvalue weighted by Gasteiger charge is -2.10.